The summed E-state index contributed by atoms with van der Waals surface area (Å²) in [5.41, 5.74) is 2.56. The number of fused-ring (bicyclic) bond motifs is 1. The Kier molecular flexibility index (Phi) is 3.73. The number of nitrogens with zero attached hydrogens (tertiary/aromatic N) is 1. The molecule has 0 aliphatic rings. The maximum absolute atomic E-state index is 12.0. The van der Waals surface area contributed by atoms with Gasteiger partial charge in [0.2, 0.25) is 0 Å². The highest BCUT2D eigenvalue weighted by molar-refractivity contribution is 5.95. The quantitative estimate of drug-likeness (QED) is 0.722. The van der Waals surface area contributed by atoms with Gasteiger partial charge in [-0.15, -0.1) is 0 Å². The van der Waals surface area contributed by atoms with Crippen LogP contribution in [0.1, 0.15) is 34.4 Å². The molecule has 0 aliphatic heterocycles. The Balaban J connectivity index is 1.85. The lowest BCUT2D eigenvalue weighted by molar-refractivity contribution is 0.101. The Labute approximate surface area is 131 Å². The third-order valence-electron chi connectivity index (χ3n) is 3.72. The van der Waals surface area contributed by atoms with Gasteiger partial charge in [-0.2, -0.15) is 0 Å². The van der Waals surface area contributed by atoms with Crippen molar-refractivity contribution in [1.29, 1.82) is 0 Å². The molecule has 6 heteroatoms. The number of Topliss-reactive ketones (excluding diaryl/α,β-unsaturated/α-hetero) is 1. The first-order valence-corrected chi connectivity index (χ1v) is 7.26. The Morgan fingerprint density at radius 2 is 2.09 bits per heavy atom. The summed E-state index contributed by atoms with van der Waals surface area (Å²) in [6, 6.07) is 6.34. The van der Waals surface area contributed by atoms with Gasteiger partial charge in [-0.1, -0.05) is 0 Å². The number of H-pyrrole nitrogens is 1. The molecule has 118 valence electrons. The van der Waals surface area contributed by atoms with E-state index in [2.05, 4.69) is 9.97 Å². The maximum Gasteiger partial charge on any atom is 0.251 e. The van der Waals surface area contributed by atoms with E-state index in [0.29, 0.717) is 46.7 Å². The molecular formula is C17H16N2O4. The minimum absolute atomic E-state index is 0.0858. The second kappa shape index (κ2) is 5.72. The SMILES string of the molecule is CC(=O)c1cc(CCc2nc3ccc(O)cc3o2)c(=O)[nH]c1C. The fourth-order valence-corrected chi connectivity index (χ4v) is 2.53. The van der Waals surface area contributed by atoms with E-state index in [1.165, 1.54) is 13.0 Å². The van der Waals surface area contributed by atoms with Gasteiger partial charge in [0, 0.05) is 29.3 Å². The number of nitrogens with one attached hydrogen (secondary N) is 1. The van der Waals surface area contributed by atoms with Crippen molar-refractivity contribution in [2.75, 3.05) is 0 Å². The molecule has 2 N–H and O–H groups in total. The van der Waals surface area contributed by atoms with Crippen molar-refractivity contribution in [1.82, 2.24) is 9.97 Å². The molecule has 0 unspecified atom stereocenters. The lowest BCUT2D eigenvalue weighted by Gasteiger charge is -2.05. The molecular weight excluding hydrogens is 296 g/mol. The molecule has 2 heterocycles. The molecule has 6 nitrogen and oxygen atoms in total. The van der Waals surface area contributed by atoms with Crippen LogP contribution >= 0.6 is 0 Å². The van der Waals surface area contributed by atoms with Crippen molar-refractivity contribution in [3.8, 4) is 5.75 Å². The highest BCUT2D eigenvalue weighted by atomic mass is 16.3. The predicted molar refractivity (Wildman–Crippen MR) is 84.9 cm³/mol. The molecule has 0 aliphatic carbocycles. The van der Waals surface area contributed by atoms with Gasteiger partial charge in [0.25, 0.3) is 5.56 Å². The number of phenols is 1. The zero-order chi connectivity index (χ0) is 16.6. The topological polar surface area (TPSA) is 96.2 Å². The first-order valence-electron chi connectivity index (χ1n) is 7.26. The van der Waals surface area contributed by atoms with Crippen LogP contribution in [0.3, 0.4) is 0 Å². The van der Waals surface area contributed by atoms with Crippen molar-refractivity contribution in [3.63, 3.8) is 0 Å². The second-order valence-corrected chi connectivity index (χ2v) is 5.48. The molecule has 2 aromatic heterocycles. The summed E-state index contributed by atoms with van der Waals surface area (Å²) >= 11 is 0. The Morgan fingerprint density at radius 1 is 1.30 bits per heavy atom. The fourth-order valence-electron chi connectivity index (χ4n) is 2.53. The molecule has 3 aromatic rings. The molecule has 1 aromatic carbocycles. The number of hydrogen-bond acceptors (Lipinski definition) is 5. The molecule has 0 fully saturated rings. The predicted octanol–water partition coefficient (Wildman–Crippen LogP) is 2.52. The van der Waals surface area contributed by atoms with Gasteiger partial charge in [-0.25, -0.2) is 4.98 Å². The van der Waals surface area contributed by atoms with Crippen LogP contribution in [0.25, 0.3) is 11.1 Å². The van der Waals surface area contributed by atoms with Crippen LogP contribution < -0.4 is 5.56 Å². The summed E-state index contributed by atoms with van der Waals surface area (Å²) in [6.07, 6.45) is 0.841. The van der Waals surface area contributed by atoms with Crippen LogP contribution in [0.5, 0.6) is 5.75 Å². The van der Waals surface area contributed by atoms with E-state index in [-0.39, 0.29) is 17.1 Å². The molecule has 0 saturated heterocycles. The number of rotatable bonds is 4. The van der Waals surface area contributed by atoms with Crippen molar-refractivity contribution in [3.05, 3.63) is 57.3 Å². The van der Waals surface area contributed by atoms with Gasteiger partial charge in [-0.3, -0.25) is 9.59 Å². The largest absolute Gasteiger partial charge is 0.508 e. The molecule has 0 spiro atoms. The lowest BCUT2D eigenvalue weighted by Crippen LogP contribution is -2.17. The molecule has 0 atom stereocenters. The van der Waals surface area contributed by atoms with Gasteiger partial charge >= 0.3 is 0 Å². The van der Waals surface area contributed by atoms with Crippen LogP contribution in [0.15, 0.2) is 33.5 Å². The van der Waals surface area contributed by atoms with Gasteiger partial charge in [-0.05, 0) is 38.5 Å². The Morgan fingerprint density at radius 3 is 2.83 bits per heavy atom. The average molecular weight is 312 g/mol. The number of hydrogen-bond donors (Lipinski definition) is 2. The van der Waals surface area contributed by atoms with E-state index < -0.39 is 0 Å². The molecule has 3 rings (SSSR count). The van der Waals surface area contributed by atoms with Gasteiger partial charge in [0.05, 0.1) is 0 Å². The minimum atomic E-state index is -0.207. The maximum atomic E-state index is 12.0. The number of aryl methyl sites for hydroxylation is 3. The lowest BCUT2D eigenvalue weighted by atomic mass is 10.0. The monoisotopic (exact) mass is 312 g/mol. The average Bonchev–Trinajstić information content (AvgIpc) is 2.87. The summed E-state index contributed by atoms with van der Waals surface area (Å²) in [5, 5.41) is 9.43. The smallest absolute Gasteiger partial charge is 0.251 e. The van der Waals surface area contributed by atoms with E-state index in [4.69, 9.17) is 4.42 Å². The van der Waals surface area contributed by atoms with Crippen molar-refractivity contribution in [2.24, 2.45) is 0 Å². The first kappa shape index (κ1) is 15.0. The molecule has 0 radical (unpaired) electrons. The van der Waals surface area contributed by atoms with Crippen LogP contribution in [0.2, 0.25) is 0 Å². The van der Waals surface area contributed by atoms with E-state index in [1.54, 1.807) is 25.1 Å². The number of benzene rings is 1. The molecule has 0 amide bonds. The number of pyridine rings is 1. The van der Waals surface area contributed by atoms with Gasteiger partial charge in [0.15, 0.2) is 17.3 Å². The van der Waals surface area contributed by atoms with E-state index in [1.807, 2.05) is 0 Å². The van der Waals surface area contributed by atoms with Crippen LogP contribution in [-0.4, -0.2) is 20.9 Å². The third kappa shape index (κ3) is 3.01. The summed E-state index contributed by atoms with van der Waals surface area (Å²) in [5.74, 6) is 0.508. The molecule has 0 bridgehead atoms. The number of aromatic amines is 1. The number of aromatic nitrogens is 2. The van der Waals surface area contributed by atoms with Crippen molar-refractivity contribution >= 4 is 16.9 Å². The number of oxazole rings is 1. The molecule has 0 saturated carbocycles. The van der Waals surface area contributed by atoms with E-state index in [9.17, 15) is 14.7 Å². The highest BCUT2D eigenvalue weighted by Crippen LogP contribution is 2.21. The summed E-state index contributed by atoms with van der Waals surface area (Å²) in [7, 11) is 0. The van der Waals surface area contributed by atoms with Gasteiger partial charge in [0.1, 0.15) is 11.3 Å². The fraction of sp³-hybridized carbons (Fsp3) is 0.235. The zero-order valence-electron chi connectivity index (χ0n) is 12.8. The summed E-state index contributed by atoms with van der Waals surface area (Å²) < 4.78 is 5.56. The summed E-state index contributed by atoms with van der Waals surface area (Å²) in [4.78, 5) is 30.6. The van der Waals surface area contributed by atoms with E-state index in [0.717, 1.165) is 0 Å². The van der Waals surface area contributed by atoms with Crippen LogP contribution in [0.4, 0.5) is 0 Å². The standard InChI is InChI=1S/C17H16N2O4/c1-9-13(10(2)20)7-11(17(22)18-9)3-6-16-19-14-5-4-12(21)8-15(14)23-16/h4-5,7-8,21H,3,6H2,1-2H3,(H,18,22). The highest BCUT2D eigenvalue weighted by Gasteiger charge is 2.12. The third-order valence-corrected chi connectivity index (χ3v) is 3.72. The number of phenolic OH excluding ortho intramolecular Hbond substituents is 1. The zero-order valence-corrected chi connectivity index (χ0v) is 12.8. The first-order chi connectivity index (χ1) is 10.9. The van der Waals surface area contributed by atoms with Crippen molar-refractivity contribution < 1.29 is 14.3 Å². The minimum Gasteiger partial charge on any atom is -0.508 e. The number of ketones is 1. The number of carbonyl (C=O) groups is 1. The van der Waals surface area contributed by atoms with Crippen LogP contribution in [-0.2, 0) is 12.8 Å². The van der Waals surface area contributed by atoms with E-state index >= 15 is 0 Å². The number of carbonyl (C=O) groups excluding carboxylic acids is 1. The number of aromatic hydroxyl groups is 1. The Bertz CT molecular complexity index is 953. The molecule has 23 heavy (non-hydrogen) atoms. The normalized spacial score (nSPS) is 11.0. The van der Waals surface area contributed by atoms with Gasteiger partial charge < -0.3 is 14.5 Å². The van der Waals surface area contributed by atoms with Crippen LogP contribution in [0, 0.1) is 6.92 Å². The van der Waals surface area contributed by atoms with Crippen molar-refractivity contribution in [2.45, 2.75) is 26.7 Å². The summed E-state index contributed by atoms with van der Waals surface area (Å²) in [6.45, 7) is 3.17. The Hall–Kier alpha value is -2.89. The second-order valence-electron chi connectivity index (χ2n) is 5.48.